The maximum absolute atomic E-state index is 12.9. The summed E-state index contributed by atoms with van der Waals surface area (Å²) in [6, 6.07) is 11.1. The molecule has 0 aromatic heterocycles. The van der Waals surface area contributed by atoms with Crippen LogP contribution in [0.2, 0.25) is 0 Å². The molecule has 0 fully saturated rings. The number of amides is 1. The summed E-state index contributed by atoms with van der Waals surface area (Å²) in [6.45, 7) is -0.369. The third kappa shape index (κ3) is 4.30. The molecule has 0 heterocycles. The fourth-order valence-corrected chi connectivity index (χ4v) is 3.08. The molecular formula is C16H17FN2O4S. The second kappa shape index (κ2) is 7.41. The van der Waals surface area contributed by atoms with Crippen LogP contribution in [0.5, 0.6) is 5.75 Å². The van der Waals surface area contributed by atoms with E-state index in [2.05, 4.69) is 5.32 Å². The minimum absolute atomic E-state index is 0.0800. The molecule has 128 valence electrons. The van der Waals surface area contributed by atoms with Crippen molar-refractivity contribution in [2.75, 3.05) is 26.0 Å². The van der Waals surface area contributed by atoms with Crippen LogP contribution >= 0.6 is 0 Å². The van der Waals surface area contributed by atoms with Crippen LogP contribution in [0.15, 0.2) is 53.4 Å². The van der Waals surface area contributed by atoms with Gasteiger partial charge in [-0.05, 0) is 48.5 Å². The van der Waals surface area contributed by atoms with E-state index in [1.807, 2.05) is 0 Å². The standard InChI is InChI=1S/C16H17FN2O4S/c1-19(24(21,22)15-9-3-12(17)4-10-15)11-16(20)18-13-5-7-14(23-2)8-6-13/h3-10H,11H2,1-2H3,(H,18,20). The molecule has 0 aliphatic carbocycles. The molecule has 2 aromatic rings. The van der Waals surface area contributed by atoms with Crippen molar-refractivity contribution in [1.29, 1.82) is 0 Å². The number of rotatable bonds is 6. The summed E-state index contributed by atoms with van der Waals surface area (Å²) in [6.07, 6.45) is 0. The number of hydrogen-bond acceptors (Lipinski definition) is 4. The van der Waals surface area contributed by atoms with Gasteiger partial charge in [-0.1, -0.05) is 0 Å². The van der Waals surface area contributed by atoms with Crippen molar-refractivity contribution in [2.24, 2.45) is 0 Å². The van der Waals surface area contributed by atoms with Crippen molar-refractivity contribution < 1.29 is 22.3 Å². The molecule has 8 heteroatoms. The van der Waals surface area contributed by atoms with Crippen LogP contribution in [0, 0.1) is 5.82 Å². The first-order chi connectivity index (χ1) is 11.3. The Morgan fingerprint density at radius 3 is 2.25 bits per heavy atom. The summed E-state index contributed by atoms with van der Waals surface area (Å²) in [5.41, 5.74) is 0.522. The Morgan fingerprint density at radius 1 is 1.12 bits per heavy atom. The van der Waals surface area contributed by atoms with Crippen molar-refractivity contribution in [1.82, 2.24) is 4.31 Å². The highest BCUT2D eigenvalue weighted by molar-refractivity contribution is 7.89. The smallest absolute Gasteiger partial charge is 0.243 e. The lowest BCUT2D eigenvalue weighted by Gasteiger charge is -2.17. The summed E-state index contributed by atoms with van der Waals surface area (Å²) < 4.78 is 43.5. The normalized spacial score (nSPS) is 11.3. The lowest BCUT2D eigenvalue weighted by Crippen LogP contribution is -2.34. The van der Waals surface area contributed by atoms with Crippen molar-refractivity contribution in [3.63, 3.8) is 0 Å². The number of nitrogens with zero attached hydrogens (tertiary/aromatic N) is 1. The molecule has 1 amide bonds. The van der Waals surface area contributed by atoms with Gasteiger partial charge in [-0.15, -0.1) is 0 Å². The van der Waals surface area contributed by atoms with Gasteiger partial charge >= 0.3 is 0 Å². The van der Waals surface area contributed by atoms with Gasteiger partial charge in [0.1, 0.15) is 11.6 Å². The fraction of sp³-hybridized carbons (Fsp3) is 0.188. The van der Waals surface area contributed by atoms with Crippen LogP contribution in [0.4, 0.5) is 10.1 Å². The third-order valence-corrected chi connectivity index (χ3v) is 5.08. The van der Waals surface area contributed by atoms with E-state index < -0.39 is 21.7 Å². The Hall–Kier alpha value is -2.45. The minimum atomic E-state index is -3.87. The highest BCUT2D eigenvalue weighted by Gasteiger charge is 2.23. The molecule has 0 aliphatic heterocycles. The van der Waals surface area contributed by atoms with E-state index in [4.69, 9.17) is 4.74 Å². The number of carbonyl (C=O) groups excluding carboxylic acids is 1. The zero-order valence-electron chi connectivity index (χ0n) is 13.2. The van der Waals surface area contributed by atoms with Gasteiger partial charge in [-0.2, -0.15) is 4.31 Å². The molecule has 1 N–H and O–H groups in total. The van der Waals surface area contributed by atoms with Gasteiger partial charge in [0.25, 0.3) is 0 Å². The van der Waals surface area contributed by atoms with Gasteiger partial charge in [0.05, 0.1) is 18.6 Å². The molecule has 0 bridgehead atoms. The van der Waals surface area contributed by atoms with Gasteiger partial charge in [-0.25, -0.2) is 12.8 Å². The lowest BCUT2D eigenvalue weighted by molar-refractivity contribution is -0.116. The predicted octanol–water partition coefficient (Wildman–Crippen LogP) is 2.09. The first-order valence-corrected chi connectivity index (χ1v) is 8.43. The van der Waals surface area contributed by atoms with Gasteiger partial charge in [0.2, 0.25) is 15.9 Å². The van der Waals surface area contributed by atoms with Gasteiger partial charge in [0.15, 0.2) is 0 Å². The number of ether oxygens (including phenoxy) is 1. The molecule has 0 radical (unpaired) electrons. The molecule has 2 rings (SSSR count). The minimum Gasteiger partial charge on any atom is -0.497 e. The first kappa shape index (κ1) is 17.9. The maximum atomic E-state index is 12.9. The maximum Gasteiger partial charge on any atom is 0.243 e. The average Bonchev–Trinajstić information content (AvgIpc) is 2.55. The molecule has 6 nitrogen and oxygen atoms in total. The van der Waals surface area contributed by atoms with Crippen molar-refractivity contribution in [3.8, 4) is 5.75 Å². The van der Waals surface area contributed by atoms with Crippen molar-refractivity contribution in [2.45, 2.75) is 4.90 Å². The lowest BCUT2D eigenvalue weighted by atomic mass is 10.3. The van der Waals surface area contributed by atoms with E-state index in [0.29, 0.717) is 11.4 Å². The van der Waals surface area contributed by atoms with Crippen LogP contribution < -0.4 is 10.1 Å². The number of carbonyl (C=O) groups is 1. The van der Waals surface area contributed by atoms with Crippen molar-refractivity contribution in [3.05, 3.63) is 54.3 Å². The van der Waals surface area contributed by atoms with Gasteiger partial charge < -0.3 is 10.1 Å². The number of likely N-dealkylation sites (N-methyl/N-ethyl adjacent to an activating group) is 1. The Balaban J connectivity index is 2.03. The topological polar surface area (TPSA) is 75.7 Å². The van der Waals surface area contributed by atoms with Gasteiger partial charge in [0, 0.05) is 12.7 Å². The third-order valence-electron chi connectivity index (χ3n) is 3.26. The van der Waals surface area contributed by atoms with E-state index in [1.165, 1.54) is 14.2 Å². The molecule has 24 heavy (non-hydrogen) atoms. The van der Waals surface area contributed by atoms with Crippen LogP contribution in [0.3, 0.4) is 0 Å². The highest BCUT2D eigenvalue weighted by Crippen LogP contribution is 2.16. The Morgan fingerprint density at radius 2 is 1.71 bits per heavy atom. The van der Waals surface area contributed by atoms with E-state index in [-0.39, 0.29) is 11.4 Å². The average molecular weight is 352 g/mol. The Bertz CT molecular complexity index is 805. The number of halogens is 1. The molecule has 0 saturated heterocycles. The molecule has 0 atom stereocenters. The molecule has 0 aliphatic rings. The summed E-state index contributed by atoms with van der Waals surface area (Å²) >= 11 is 0. The summed E-state index contributed by atoms with van der Waals surface area (Å²) in [4.78, 5) is 11.9. The zero-order chi connectivity index (χ0) is 17.7. The summed E-state index contributed by atoms with van der Waals surface area (Å²) in [7, 11) is -1.05. The van der Waals surface area contributed by atoms with Crippen LogP contribution in [0.1, 0.15) is 0 Å². The van der Waals surface area contributed by atoms with Crippen LogP contribution in [0.25, 0.3) is 0 Å². The SMILES string of the molecule is COc1ccc(NC(=O)CN(C)S(=O)(=O)c2ccc(F)cc2)cc1. The largest absolute Gasteiger partial charge is 0.497 e. The van der Waals surface area contributed by atoms with E-state index in [1.54, 1.807) is 24.3 Å². The fourth-order valence-electron chi connectivity index (χ4n) is 1.95. The van der Waals surface area contributed by atoms with Crippen LogP contribution in [-0.4, -0.2) is 39.3 Å². The highest BCUT2D eigenvalue weighted by atomic mass is 32.2. The zero-order valence-corrected chi connectivity index (χ0v) is 14.0. The molecule has 0 unspecified atom stereocenters. The number of nitrogens with one attached hydrogen (secondary N) is 1. The van der Waals surface area contributed by atoms with Gasteiger partial charge in [-0.3, -0.25) is 4.79 Å². The second-order valence-electron chi connectivity index (χ2n) is 4.99. The molecule has 0 spiro atoms. The van der Waals surface area contributed by atoms with Crippen molar-refractivity contribution >= 4 is 21.6 Å². The number of anilines is 1. The quantitative estimate of drug-likeness (QED) is 0.864. The van der Waals surface area contributed by atoms with Crippen LogP contribution in [-0.2, 0) is 14.8 Å². The summed E-state index contributed by atoms with van der Waals surface area (Å²) in [5, 5.41) is 2.60. The number of methoxy groups -OCH3 is 1. The number of hydrogen-bond donors (Lipinski definition) is 1. The first-order valence-electron chi connectivity index (χ1n) is 6.99. The number of sulfonamides is 1. The molecular weight excluding hydrogens is 335 g/mol. The Labute approximate surface area is 139 Å². The van der Waals surface area contributed by atoms with E-state index in [9.17, 15) is 17.6 Å². The number of benzene rings is 2. The molecule has 0 saturated carbocycles. The summed E-state index contributed by atoms with van der Waals surface area (Å²) in [5.74, 6) is -0.383. The monoisotopic (exact) mass is 352 g/mol. The second-order valence-corrected chi connectivity index (χ2v) is 7.04. The van der Waals surface area contributed by atoms with E-state index in [0.717, 1.165) is 28.6 Å². The Kier molecular flexibility index (Phi) is 5.53. The predicted molar refractivity (Wildman–Crippen MR) is 87.8 cm³/mol. The van der Waals surface area contributed by atoms with E-state index >= 15 is 0 Å². The molecule has 2 aromatic carbocycles.